The number of benzene rings is 1. The van der Waals surface area contributed by atoms with E-state index in [0.29, 0.717) is 25.3 Å². The third-order valence-corrected chi connectivity index (χ3v) is 10.3. The fourth-order valence-corrected chi connectivity index (χ4v) is 8.89. The van der Waals surface area contributed by atoms with E-state index in [-0.39, 0.29) is 30.2 Å². The average Bonchev–Trinajstić information content (AvgIpc) is 3.42. The molecular weight excluding hydrogens is 490 g/mol. The molecular formula is C28H41N3O5S. The number of aliphatic hydroxyl groups is 1. The van der Waals surface area contributed by atoms with Crippen LogP contribution in [0.15, 0.2) is 24.3 Å². The van der Waals surface area contributed by atoms with E-state index in [4.69, 9.17) is 4.74 Å². The predicted molar refractivity (Wildman–Crippen MR) is 145 cm³/mol. The smallest absolute Gasteiger partial charge is 0.244 e. The largest absolute Gasteiger partial charge is 0.494 e. The van der Waals surface area contributed by atoms with E-state index in [2.05, 4.69) is 24.5 Å². The van der Waals surface area contributed by atoms with Crippen molar-refractivity contribution in [1.82, 2.24) is 10.2 Å². The second-order valence-corrected chi connectivity index (χ2v) is 13.0. The number of likely N-dealkylation sites (tertiary alicyclic amines) is 1. The monoisotopic (exact) mass is 531 g/mol. The number of aliphatic hydroxyl groups excluding tert-OH is 1. The molecule has 6 atom stereocenters. The highest BCUT2D eigenvalue weighted by Crippen LogP contribution is 2.71. The summed E-state index contributed by atoms with van der Waals surface area (Å²) in [7, 11) is 0. The molecule has 9 heteroatoms. The molecule has 2 bridgehead atoms. The molecule has 2 unspecified atom stereocenters. The molecule has 4 rings (SSSR count). The number of hydrogen-bond donors (Lipinski definition) is 3. The van der Waals surface area contributed by atoms with E-state index in [9.17, 15) is 19.5 Å². The summed E-state index contributed by atoms with van der Waals surface area (Å²) < 4.78 is 4.36. The van der Waals surface area contributed by atoms with E-state index in [1.165, 1.54) is 0 Å². The fraction of sp³-hybridized carbons (Fsp3) is 0.679. The molecule has 1 spiro atoms. The number of amides is 3. The molecule has 3 aliphatic heterocycles. The number of ether oxygens (including phenoxy) is 1. The number of nitrogens with zero attached hydrogens (tertiary/aromatic N) is 1. The molecule has 3 aliphatic rings. The highest BCUT2D eigenvalue weighted by Gasteiger charge is 2.77. The summed E-state index contributed by atoms with van der Waals surface area (Å²) in [6.07, 6.45) is 3.25. The van der Waals surface area contributed by atoms with Crippen molar-refractivity contribution < 1.29 is 24.2 Å². The average molecular weight is 532 g/mol. The van der Waals surface area contributed by atoms with E-state index >= 15 is 0 Å². The first-order valence-electron chi connectivity index (χ1n) is 13.6. The number of carbonyl (C=O) groups is 3. The lowest BCUT2D eigenvalue weighted by Crippen LogP contribution is -2.57. The molecule has 204 valence electrons. The van der Waals surface area contributed by atoms with E-state index in [0.717, 1.165) is 25.0 Å². The molecule has 1 aromatic rings. The van der Waals surface area contributed by atoms with Gasteiger partial charge in [-0.3, -0.25) is 14.4 Å². The molecule has 0 saturated carbocycles. The highest BCUT2D eigenvalue weighted by molar-refractivity contribution is 8.02. The second kappa shape index (κ2) is 10.8. The molecule has 37 heavy (non-hydrogen) atoms. The van der Waals surface area contributed by atoms with Crippen LogP contribution in [0.4, 0.5) is 5.69 Å². The minimum absolute atomic E-state index is 0.0379. The Kier molecular flexibility index (Phi) is 8.14. The van der Waals surface area contributed by atoms with Gasteiger partial charge in [-0.2, -0.15) is 0 Å². The van der Waals surface area contributed by atoms with Gasteiger partial charge in [0.1, 0.15) is 11.8 Å². The zero-order valence-electron chi connectivity index (χ0n) is 22.6. The Labute approximate surface area is 224 Å². The molecule has 1 aromatic carbocycles. The first kappa shape index (κ1) is 27.8. The quantitative estimate of drug-likeness (QED) is 0.378. The van der Waals surface area contributed by atoms with Crippen molar-refractivity contribution in [3.05, 3.63) is 24.3 Å². The summed E-state index contributed by atoms with van der Waals surface area (Å²) in [5.41, 5.74) is 0.644. The topological polar surface area (TPSA) is 108 Å². The molecule has 3 heterocycles. The van der Waals surface area contributed by atoms with Crippen molar-refractivity contribution in [2.45, 2.75) is 81.9 Å². The van der Waals surface area contributed by atoms with Crippen LogP contribution in [0.1, 0.15) is 60.3 Å². The number of rotatable bonds is 11. The standard InChI is InChI=1S/C28H41N3O5S/c1-6-8-15-29-25(34)23-28-14-13-27(5,37-28)21(22(28)26(35)31(23)20(16-32)17(3)4)24(33)30-18-9-11-19(12-10-18)36-7-2/h9-12,17,20-23,32H,6-8,13-16H2,1-5H3,(H,29,34)(H,30,33)/t20-,21-,22-,23?,27+,28?/m0/s1. The van der Waals surface area contributed by atoms with Crippen molar-refractivity contribution in [3.63, 3.8) is 0 Å². The maximum atomic E-state index is 14.2. The Hall–Kier alpha value is -2.26. The predicted octanol–water partition coefficient (Wildman–Crippen LogP) is 3.44. The van der Waals surface area contributed by atoms with Gasteiger partial charge in [-0.15, -0.1) is 11.8 Å². The van der Waals surface area contributed by atoms with Gasteiger partial charge >= 0.3 is 0 Å². The Morgan fingerprint density at radius 3 is 2.49 bits per heavy atom. The van der Waals surface area contributed by atoms with Crippen molar-refractivity contribution >= 4 is 35.2 Å². The van der Waals surface area contributed by atoms with E-state index in [1.807, 2.05) is 32.9 Å². The number of fused-ring (bicyclic) bond motifs is 1. The van der Waals surface area contributed by atoms with E-state index in [1.54, 1.807) is 28.8 Å². The van der Waals surface area contributed by atoms with Crippen molar-refractivity contribution in [3.8, 4) is 5.75 Å². The summed E-state index contributed by atoms with van der Waals surface area (Å²) in [5, 5.41) is 16.4. The fourth-order valence-electron chi connectivity index (χ4n) is 6.55. The van der Waals surface area contributed by atoms with Crippen molar-refractivity contribution in [2.24, 2.45) is 17.8 Å². The lowest BCUT2D eigenvalue weighted by atomic mass is 9.66. The number of anilines is 1. The first-order valence-corrected chi connectivity index (χ1v) is 14.4. The maximum Gasteiger partial charge on any atom is 0.244 e. The van der Waals surface area contributed by atoms with Gasteiger partial charge in [0.15, 0.2) is 0 Å². The van der Waals surface area contributed by atoms with Crippen LogP contribution in [0.5, 0.6) is 5.75 Å². The van der Waals surface area contributed by atoms with Crippen LogP contribution in [0, 0.1) is 17.8 Å². The summed E-state index contributed by atoms with van der Waals surface area (Å²) in [6, 6.07) is 6.02. The molecule has 0 aromatic heterocycles. The van der Waals surface area contributed by atoms with Crippen molar-refractivity contribution in [2.75, 3.05) is 25.1 Å². The van der Waals surface area contributed by atoms with Crippen LogP contribution < -0.4 is 15.4 Å². The first-order chi connectivity index (χ1) is 17.6. The van der Waals surface area contributed by atoms with Gasteiger partial charge in [-0.1, -0.05) is 27.2 Å². The molecule has 3 N–H and O–H groups in total. The maximum absolute atomic E-state index is 14.2. The van der Waals surface area contributed by atoms with Crippen LogP contribution in [0.3, 0.4) is 0 Å². The molecule has 0 radical (unpaired) electrons. The van der Waals surface area contributed by atoms with Gasteiger partial charge in [0.05, 0.1) is 35.8 Å². The summed E-state index contributed by atoms with van der Waals surface area (Å²) in [5.74, 6) is -1.07. The number of carbonyl (C=O) groups excluding carboxylic acids is 3. The number of thioether (sulfide) groups is 1. The van der Waals surface area contributed by atoms with Gasteiger partial charge in [0.2, 0.25) is 17.7 Å². The van der Waals surface area contributed by atoms with Gasteiger partial charge in [0.25, 0.3) is 0 Å². The van der Waals surface area contributed by atoms with E-state index < -0.39 is 33.4 Å². The molecule has 3 saturated heterocycles. The Morgan fingerprint density at radius 2 is 1.89 bits per heavy atom. The van der Waals surface area contributed by atoms with Crippen molar-refractivity contribution in [1.29, 1.82) is 0 Å². The van der Waals surface area contributed by atoms with Crippen LogP contribution in [0.2, 0.25) is 0 Å². The second-order valence-electron chi connectivity index (χ2n) is 11.1. The van der Waals surface area contributed by atoms with Gasteiger partial charge < -0.3 is 25.4 Å². The summed E-state index contributed by atoms with van der Waals surface area (Å²) >= 11 is 1.64. The van der Waals surface area contributed by atoms with Gasteiger partial charge in [-0.05, 0) is 63.3 Å². The zero-order valence-corrected chi connectivity index (χ0v) is 23.4. The van der Waals surface area contributed by atoms with Crippen LogP contribution in [0.25, 0.3) is 0 Å². The molecule has 3 amide bonds. The molecule has 3 fully saturated rings. The lowest BCUT2D eigenvalue weighted by Gasteiger charge is -2.38. The van der Waals surface area contributed by atoms with Gasteiger partial charge in [0, 0.05) is 17.0 Å². The minimum atomic E-state index is -0.712. The SMILES string of the molecule is CCCCNC(=O)C1N([C@@H](CO)C(C)C)C(=O)[C@@H]2[C@@H](C(=O)Nc3ccc(OCC)cc3)[C@@]3(C)CCC12S3. The lowest BCUT2D eigenvalue weighted by molar-refractivity contribution is -0.143. The normalized spacial score (nSPS) is 30.9. The Morgan fingerprint density at radius 1 is 1.19 bits per heavy atom. The summed E-state index contributed by atoms with van der Waals surface area (Å²) in [4.78, 5) is 43.3. The third kappa shape index (κ3) is 4.73. The molecule has 0 aliphatic carbocycles. The number of unbranched alkanes of at least 4 members (excludes halogenated alkanes) is 1. The number of nitrogens with one attached hydrogen (secondary N) is 2. The number of hydrogen-bond acceptors (Lipinski definition) is 6. The highest BCUT2D eigenvalue weighted by atomic mass is 32.2. The Balaban J connectivity index is 1.67. The van der Waals surface area contributed by atoms with Crippen LogP contribution in [-0.4, -0.2) is 69.1 Å². The minimum Gasteiger partial charge on any atom is -0.494 e. The van der Waals surface area contributed by atoms with Crippen LogP contribution in [-0.2, 0) is 14.4 Å². The zero-order chi connectivity index (χ0) is 27.0. The molecule has 8 nitrogen and oxygen atoms in total. The third-order valence-electron chi connectivity index (χ3n) is 8.32. The Bertz CT molecular complexity index is 1020. The van der Waals surface area contributed by atoms with Crippen LogP contribution >= 0.6 is 11.8 Å². The summed E-state index contributed by atoms with van der Waals surface area (Å²) in [6.45, 7) is 10.8. The van der Waals surface area contributed by atoms with Gasteiger partial charge in [-0.25, -0.2) is 0 Å².